The number of aryl methyl sites for hydroxylation is 1. The van der Waals surface area contributed by atoms with E-state index in [9.17, 15) is 14.4 Å². The molecule has 7 heteroatoms. The first-order valence-electron chi connectivity index (χ1n) is 6.64. The Morgan fingerprint density at radius 1 is 1.00 bits per heavy atom. The maximum absolute atomic E-state index is 12.2. The summed E-state index contributed by atoms with van der Waals surface area (Å²) in [5.41, 5.74) is 0.418. The quantitative estimate of drug-likeness (QED) is 0.870. The van der Waals surface area contributed by atoms with Gasteiger partial charge in [0.1, 0.15) is 5.76 Å². The number of carbonyl (C=O) groups excluding carboxylic acids is 3. The van der Waals surface area contributed by atoms with E-state index >= 15 is 0 Å². The van der Waals surface area contributed by atoms with Crippen LogP contribution in [0.3, 0.4) is 0 Å². The van der Waals surface area contributed by atoms with Crippen LogP contribution in [0.15, 0.2) is 34.7 Å². The summed E-state index contributed by atoms with van der Waals surface area (Å²) >= 11 is 0. The molecular weight excluding hydrogens is 302 g/mol. The Bertz CT molecular complexity index is 762. The third-order valence-corrected chi connectivity index (χ3v) is 3.06. The molecule has 2 rings (SSSR count). The molecule has 0 aliphatic rings. The highest BCUT2D eigenvalue weighted by Crippen LogP contribution is 2.21. The minimum atomic E-state index is -0.646. The van der Waals surface area contributed by atoms with Crippen LogP contribution in [0.2, 0.25) is 0 Å². The maximum Gasteiger partial charge on any atom is 0.339 e. The number of benzene rings is 1. The van der Waals surface area contributed by atoms with Crippen molar-refractivity contribution in [3.05, 3.63) is 53.0 Å². The van der Waals surface area contributed by atoms with Gasteiger partial charge in [-0.1, -0.05) is 0 Å². The fourth-order valence-corrected chi connectivity index (χ4v) is 1.92. The third-order valence-electron chi connectivity index (χ3n) is 3.06. The Morgan fingerprint density at radius 2 is 1.70 bits per heavy atom. The van der Waals surface area contributed by atoms with Gasteiger partial charge in [-0.25, -0.2) is 9.59 Å². The average Bonchev–Trinajstić information content (AvgIpc) is 3.00. The van der Waals surface area contributed by atoms with Crippen molar-refractivity contribution >= 4 is 23.5 Å². The molecule has 0 aliphatic heterocycles. The summed E-state index contributed by atoms with van der Waals surface area (Å²) in [5, 5.41) is 2.53. The van der Waals surface area contributed by atoms with Crippen LogP contribution in [0.25, 0.3) is 0 Å². The van der Waals surface area contributed by atoms with E-state index < -0.39 is 17.8 Å². The van der Waals surface area contributed by atoms with Gasteiger partial charge in [-0.05, 0) is 37.3 Å². The second-order valence-corrected chi connectivity index (χ2v) is 4.61. The van der Waals surface area contributed by atoms with Gasteiger partial charge in [0.2, 0.25) is 0 Å². The van der Waals surface area contributed by atoms with Gasteiger partial charge in [0.25, 0.3) is 5.91 Å². The first kappa shape index (κ1) is 16.3. The van der Waals surface area contributed by atoms with Gasteiger partial charge in [0.05, 0.1) is 31.0 Å². The molecule has 0 saturated heterocycles. The van der Waals surface area contributed by atoms with E-state index in [1.807, 2.05) is 0 Å². The molecule has 0 spiro atoms. The molecule has 0 saturated carbocycles. The molecule has 1 N–H and O–H groups in total. The third kappa shape index (κ3) is 3.57. The van der Waals surface area contributed by atoms with Crippen molar-refractivity contribution in [2.24, 2.45) is 0 Å². The molecule has 120 valence electrons. The van der Waals surface area contributed by atoms with Crippen molar-refractivity contribution in [1.29, 1.82) is 0 Å². The van der Waals surface area contributed by atoms with E-state index in [1.165, 1.54) is 38.5 Å². The molecule has 7 nitrogen and oxygen atoms in total. The smallest absolute Gasteiger partial charge is 0.339 e. The summed E-state index contributed by atoms with van der Waals surface area (Å²) in [5.74, 6) is -1.13. The van der Waals surface area contributed by atoms with Gasteiger partial charge in [0.15, 0.2) is 5.76 Å². The van der Waals surface area contributed by atoms with Crippen LogP contribution in [0, 0.1) is 6.92 Å². The molecule has 1 amide bonds. The lowest BCUT2D eigenvalue weighted by atomic mass is 10.1. The van der Waals surface area contributed by atoms with Crippen molar-refractivity contribution in [2.75, 3.05) is 19.5 Å². The molecule has 0 fully saturated rings. The van der Waals surface area contributed by atoms with Gasteiger partial charge < -0.3 is 19.2 Å². The molecule has 0 bridgehead atoms. The second kappa shape index (κ2) is 6.78. The van der Waals surface area contributed by atoms with Gasteiger partial charge in [-0.2, -0.15) is 0 Å². The first-order valence-corrected chi connectivity index (χ1v) is 6.64. The predicted molar refractivity (Wildman–Crippen MR) is 80.5 cm³/mol. The maximum atomic E-state index is 12.2. The predicted octanol–water partition coefficient (Wildman–Crippen LogP) is 2.41. The summed E-state index contributed by atoms with van der Waals surface area (Å²) < 4.78 is 14.5. The number of anilines is 1. The molecule has 1 aromatic carbocycles. The van der Waals surface area contributed by atoms with Crippen LogP contribution < -0.4 is 5.32 Å². The van der Waals surface area contributed by atoms with Gasteiger partial charge in [-0.15, -0.1) is 0 Å². The number of hydrogen-bond donors (Lipinski definition) is 1. The fourth-order valence-electron chi connectivity index (χ4n) is 1.92. The first-order chi connectivity index (χ1) is 11.0. The van der Waals surface area contributed by atoms with Crippen molar-refractivity contribution in [3.8, 4) is 0 Å². The van der Waals surface area contributed by atoms with Gasteiger partial charge >= 0.3 is 11.9 Å². The lowest BCUT2D eigenvalue weighted by molar-refractivity contribution is 0.0587. The minimum Gasteiger partial charge on any atom is -0.465 e. The van der Waals surface area contributed by atoms with Crippen LogP contribution in [-0.4, -0.2) is 32.1 Å². The van der Waals surface area contributed by atoms with Crippen LogP contribution in [0.4, 0.5) is 5.69 Å². The number of amides is 1. The zero-order valence-corrected chi connectivity index (χ0v) is 12.8. The van der Waals surface area contributed by atoms with Crippen molar-refractivity contribution in [3.63, 3.8) is 0 Å². The lowest BCUT2D eigenvalue weighted by Gasteiger charge is -2.10. The Labute approximate surface area is 132 Å². The number of ether oxygens (including phenoxy) is 2. The van der Waals surface area contributed by atoms with Gasteiger partial charge in [-0.3, -0.25) is 4.79 Å². The summed E-state index contributed by atoms with van der Waals surface area (Å²) in [4.78, 5) is 35.6. The van der Waals surface area contributed by atoms with E-state index in [1.54, 1.807) is 13.0 Å². The monoisotopic (exact) mass is 317 g/mol. The number of furan rings is 1. The van der Waals surface area contributed by atoms with E-state index in [0.717, 1.165) is 0 Å². The Hall–Kier alpha value is -3.09. The van der Waals surface area contributed by atoms with E-state index in [0.29, 0.717) is 5.76 Å². The molecule has 0 aliphatic carbocycles. The summed E-state index contributed by atoms with van der Waals surface area (Å²) in [6.07, 6.45) is 0. The lowest BCUT2D eigenvalue weighted by Crippen LogP contribution is -2.16. The van der Waals surface area contributed by atoms with Crippen LogP contribution >= 0.6 is 0 Å². The molecule has 1 heterocycles. The molecule has 1 aromatic heterocycles. The Morgan fingerprint density at radius 3 is 2.26 bits per heavy atom. The molecule has 0 atom stereocenters. The zero-order valence-electron chi connectivity index (χ0n) is 12.8. The highest BCUT2D eigenvalue weighted by molar-refractivity contribution is 6.07. The van der Waals surface area contributed by atoms with Crippen molar-refractivity contribution in [1.82, 2.24) is 0 Å². The standard InChI is InChI=1S/C16H15NO6/c1-9-4-7-13(23-9)14(18)17-12-8-10(15(19)21-2)5-6-11(12)16(20)22-3/h4-8H,1-3H3,(H,17,18). The summed E-state index contributed by atoms with van der Waals surface area (Å²) in [6, 6.07) is 7.27. The largest absolute Gasteiger partial charge is 0.465 e. The molecule has 0 radical (unpaired) electrons. The molecule has 0 unspecified atom stereocenters. The number of rotatable bonds is 4. The van der Waals surface area contributed by atoms with Crippen LogP contribution in [-0.2, 0) is 9.47 Å². The highest BCUT2D eigenvalue weighted by atomic mass is 16.5. The normalized spacial score (nSPS) is 10.0. The summed E-state index contributed by atoms with van der Waals surface area (Å²) in [6.45, 7) is 1.70. The van der Waals surface area contributed by atoms with Gasteiger partial charge in [0, 0.05) is 0 Å². The summed E-state index contributed by atoms with van der Waals surface area (Å²) in [7, 11) is 2.46. The topological polar surface area (TPSA) is 94.8 Å². The highest BCUT2D eigenvalue weighted by Gasteiger charge is 2.19. The molecule has 23 heavy (non-hydrogen) atoms. The number of nitrogens with one attached hydrogen (secondary N) is 1. The zero-order chi connectivity index (χ0) is 17.0. The average molecular weight is 317 g/mol. The van der Waals surface area contributed by atoms with E-state index in [2.05, 4.69) is 14.8 Å². The van der Waals surface area contributed by atoms with Crippen LogP contribution in [0.1, 0.15) is 37.0 Å². The minimum absolute atomic E-state index is 0.0850. The van der Waals surface area contributed by atoms with E-state index in [-0.39, 0.29) is 22.6 Å². The van der Waals surface area contributed by atoms with E-state index in [4.69, 9.17) is 4.42 Å². The molecular formula is C16H15NO6. The molecule has 2 aromatic rings. The number of carbonyl (C=O) groups is 3. The number of hydrogen-bond acceptors (Lipinski definition) is 6. The van der Waals surface area contributed by atoms with Crippen molar-refractivity contribution < 1.29 is 28.3 Å². The Kier molecular flexibility index (Phi) is 4.80. The fraction of sp³-hybridized carbons (Fsp3) is 0.188. The number of methoxy groups -OCH3 is 2. The van der Waals surface area contributed by atoms with Crippen molar-refractivity contribution in [2.45, 2.75) is 6.92 Å². The SMILES string of the molecule is COC(=O)c1ccc(C(=O)OC)c(NC(=O)c2ccc(C)o2)c1. The Balaban J connectivity index is 2.38. The second-order valence-electron chi connectivity index (χ2n) is 4.61. The number of esters is 2. The van der Waals surface area contributed by atoms with Crippen LogP contribution in [0.5, 0.6) is 0 Å².